The highest BCUT2D eigenvalue weighted by Gasteiger charge is 2.42. The molecule has 3 aromatic rings. The Hall–Kier alpha value is -3.24. The highest BCUT2D eigenvalue weighted by molar-refractivity contribution is 6.06. The molecule has 32 heavy (non-hydrogen) atoms. The van der Waals surface area contributed by atoms with E-state index in [0.29, 0.717) is 12.1 Å². The Morgan fingerprint density at radius 2 is 1.56 bits per heavy atom. The highest BCUT2D eigenvalue weighted by atomic mass is 16.2. The Morgan fingerprint density at radius 1 is 0.938 bits per heavy atom. The topological polar surface area (TPSA) is 49.4 Å². The summed E-state index contributed by atoms with van der Waals surface area (Å²) in [5, 5.41) is 3.24. The second kappa shape index (κ2) is 8.36. The molecule has 0 radical (unpaired) electrons. The molecule has 0 bridgehead atoms. The van der Waals surface area contributed by atoms with E-state index in [1.165, 1.54) is 16.7 Å². The van der Waals surface area contributed by atoms with Gasteiger partial charge in [0.2, 0.25) is 5.91 Å². The summed E-state index contributed by atoms with van der Waals surface area (Å²) in [4.78, 5) is 28.0. The third kappa shape index (κ3) is 3.76. The minimum Gasteiger partial charge on any atom is -0.354 e. The number of likely N-dealkylation sites (N-methyl/N-ethyl adjacent to an activating group) is 1. The Labute approximate surface area is 189 Å². The molecule has 5 rings (SSSR count). The summed E-state index contributed by atoms with van der Waals surface area (Å²) >= 11 is 0. The van der Waals surface area contributed by atoms with Gasteiger partial charge in [0.15, 0.2) is 5.78 Å². The average molecular weight is 425 g/mol. The van der Waals surface area contributed by atoms with Crippen LogP contribution in [0.2, 0.25) is 0 Å². The van der Waals surface area contributed by atoms with Crippen LogP contribution in [0.3, 0.4) is 0 Å². The van der Waals surface area contributed by atoms with Crippen molar-refractivity contribution in [3.63, 3.8) is 0 Å². The van der Waals surface area contributed by atoms with E-state index in [2.05, 4.69) is 65.8 Å². The first-order valence-electron chi connectivity index (χ1n) is 11.3. The molecule has 3 aromatic carbocycles. The van der Waals surface area contributed by atoms with Crippen LogP contribution in [0.1, 0.15) is 45.0 Å². The third-order valence-electron chi connectivity index (χ3n) is 7.16. The van der Waals surface area contributed by atoms with Crippen molar-refractivity contribution in [1.29, 1.82) is 0 Å². The van der Waals surface area contributed by atoms with Gasteiger partial charge in [0.05, 0.1) is 5.92 Å². The molecular weight excluding hydrogens is 396 g/mol. The van der Waals surface area contributed by atoms with Crippen LogP contribution in [0.25, 0.3) is 0 Å². The minimum atomic E-state index is -0.390. The number of Topliss-reactive ketones (excluding diaryl/α,β-unsaturated/α-hetero) is 1. The first kappa shape index (κ1) is 20.7. The van der Waals surface area contributed by atoms with E-state index in [1.54, 1.807) is 0 Å². The second-order valence-corrected chi connectivity index (χ2v) is 9.17. The molecule has 0 aliphatic heterocycles. The van der Waals surface area contributed by atoms with Crippen LogP contribution in [0.15, 0.2) is 78.9 Å². The van der Waals surface area contributed by atoms with Gasteiger partial charge in [0.1, 0.15) is 0 Å². The monoisotopic (exact) mass is 424 g/mol. The SMILES string of the molecule is CN(Cc1ccccc1)C1(CNC(=O)C2CC(=O)c3ccccc32)Cc2ccccc2C1. The van der Waals surface area contributed by atoms with E-state index in [0.717, 1.165) is 24.9 Å². The van der Waals surface area contributed by atoms with Crippen LogP contribution in [-0.2, 0) is 24.2 Å². The summed E-state index contributed by atoms with van der Waals surface area (Å²) in [5.74, 6) is -0.379. The predicted molar refractivity (Wildman–Crippen MR) is 126 cm³/mol. The van der Waals surface area contributed by atoms with Crippen molar-refractivity contribution in [1.82, 2.24) is 10.2 Å². The highest BCUT2D eigenvalue weighted by Crippen LogP contribution is 2.36. The molecule has 1 unspecified atom stereocenters. The van der Waals surface area contributed by atoms with Crippen molar-refractivity contribution in [2.75, 3.05) is 13.6 Å². The molecule has 162 valence electrons. The lowest BCUT2D eigenvalue weighted by atomic mass is 9.92. The Morgan fingerprint density at radius 3 is 2.28 bits per heavy atom. The number of amides is 1. The van der Waals surface area contributed by atoms with E-state index in [-0.39, 0.29) is 29.6 Å². The molecule has 1 N–H and O–H groups in total. The fraction of sp³-hybridized carbons (Fsp3) is 0.286. The summed E-state index contributed by atoms with van der Waals surface area (Å²) in [7, 11) is 2.15. The zero-order chi connectivity index (χ0) is 22.1. The van der Waals surface area contributed by atoms with Crippen LogP contribution in [0.5, 0.6) is 0 Å². The fourth-order valence-electron chi connectivity index (χ4n) is 5.30. The van der Waals surface area contributed by atoms with Crippen molar-refractivity contribution in [3.05, 3.63) is 107 Å². The fourth-order valence-corrected chi connectivity index (χ4v) is 5.30. The molecule has 2 aliphatic rings. The molecule has 2 aliphatic carbocycles. The van der Waals surface area contributed by atoms with Gasteiger partial charge < -0.3 is 5.32 Å². The third-order valence-corrected chi connectivity index (χ3v) is 7.16. The number of fused-ring (bicyclic) bond motifs is 2. The van der Waals surface area contributed by atoms with Crippen LogP contribution < -0.4 is 5.32 Å². The molecule has 0 heterocycles. The predicted octanol–water partition coefficient (Wildman–Crippen LogP) is 4.14. The van der Waals surface area contributed by atoms with Crippen molar-refractivity contribution in [3.8, 4) is 0 Å². The summed E-state index contributed by atoms with van der Waals surface area (Å²) in [5.41, 5.74) is 5.31. The quantitative estimate of drug-likeness (QED) is 0.647. The van der Waals surface area contributed by atoms with Crippen LogP contribution in [-0.4, -0.2) is 35.7 Å². The number of rotatable bonds is 6. The number of nitrogens with one attached hydrogen (secondary N) is 1. The maximum atomic E-state index is 13.2. The smallest absolute Gasteiger partial charge is 0.228 e. The van der Waals surface area contributed by atoms with Gasteiger partial charge in [-0.1, -0.05) is 78.9 Å². The Bertz CT molecular complexity index is 1130. The molecular formula is C28H28N2O2. The van der Waals surface area contributed by atoms with Crippen molar-refractivity contribution in [2.45, 2.75) is 37.3 Å². The van der Waals surface area contributed by atoms with E-state index < -0.39 is 0 Å². The average Bonchev–Trinajstić information content (AvgIpc) is 3.37. The molecule has 0 aromatic heterocycles. The summed E-state index contributed by atoms with van der Waals surface area (Å²) in [6, 6.07) is 26.5. The Balaban J connectivity index is 1.36. The number of nitrogens with zero attached hydrogens (tertiary/aromatic N) is 1. The first-order valence-corrected chi connectivity index (χ1v) is 11.3. The van der Waals surface area contributed by atoms with Crippen molar-refractivity contribution in [2.24, 2.45) is 0 Å². The number of hydrogen-bond donors (Lipinski definition) is 1. The summed E-state index contributed by atoms with van der Waals surface area (Å²) in [6.45, 7) is 1.37. The number of benzene rings is 3. The van der Waals surface area contributed by atoms with Gasteiger partial charge in [-0.05, 0) is 42.1 Å². The molecule has 0 saturated heterocycles. The first-order chi connectivity index (χ1) is 15.6. The van der Waals surface area contributed by atoms with Gasteiger partial charge >= 0.3 is 0 Å². The molecule has 0 fully saturated rings. The summed E-state index contributed by atoms with van der Waals surface area (Å²) in [6.07, 6.45) is 2.05. The lowest BCUT2D eigenvalue weighted by molar-refractivity contribution is -0.123. The van der Waals surface area contributed by atoms with Gasteiger partial charge in [-0.3, -0.25) is 14.5 Å². The number of carbonyl (C=O) groups excluding carboxylic acids is 2. The maximum Gasteiger partial charge on any atom is 0.228 e. The molecule has 1 atom stereocenters. The Kier molecular flexibility index (Phi) is 5.40. The minimum absolute atomic E-state index is 0.0493. The lowest BCUT2D eigenvalue weighted by Crippen LogP contribution is -2.55. The largest absolute Gasteiger partial charge is 0.354 e. The van der Waals surface area contributed by atoms with Crippen molar-refractivity contribution >= 4 is 11.7 Å². The standard InChI is InChI=1S/C28H28N2O2/c1-30(18-20-9-3-2-4-10-20)28(16-21-11-5-6-12-22(21)17-28)19-29-27(32)25-15-26(31)24-14-8-7-13-23(24)25/h2-14,25H,15-19H2,1H3,(H,29,32). The molecule has 4 nitrogen and oxygen atoms in total. The second-order valence-electron chi connectivity index (χ2n) is 9.17. The van der Waals surface area contributed by atoms with E-state index in [4.69, 9.17) is 0 Å². The zero-order valence-corrected chi connectivity index (χ0v) is 18.4. The maximum absolute atomic E-state index is 13.2. The van der Waals surface area contributed by atoms with E-state index >= 15 is 0 Å². The van der Waals surface area contributed by atoms with Gasteiger partial charge in [-0.25, -0.2) is 0 Å². The van der Waals surface area contributed by atoms with Crippen LogP contribution in [0, 0.1) is 0 Å². The molecule has 0 saturated carbocycles. The van der Waals surface area contributed by atoms with Gasteiger partial charge in [0, 0.05) is 30.6 Å². The van der Waals surface area contributed by atoms with Crippen LogP contribution in [0.4, 0.5) is 0 Å². The number of carbonyl (C=O) groups is 2. The summed E-state index contributed by atoms with van der Waals surface area (Å²) < 4.78 is 0. The van der Waals surface area contributed by atoms with E-state index in [9.17, 15) is 9.59 Å². The normalized spacial score (nSPS) is 18.4. The van der Waals surface area contributed by atoms with E-state index in [1.807, 2.05) is 30.3 Å². The number of ketones is 1. The molecule has 1 amide bonds. The van der Waals surface area contributed by atoms with Crippen LogP contribution >= 0.6 is 0 Å². The lowest BCUT2D eigenvalue weighted by Gasteiger charge is -2.39. The number of hydrogen-bond acceptors (Lipinski definition) is 3. The van der Waals surface area contributed by atoms with Gasteiger partial charge in [-0.15, -0.1) is 0 Å². The van der Waals surface area contributed by atoms with Gasteiger partial charge in [0.25, 0.3) is 0 Å². The zero-order valence-electron chi connectivity index (χ0n) is 18.4. The van der Waals surface area contributed by atoms with Gasteiger partial charge in [-0.2, -0.15) is 0 Å². The molecule has 0 spiro atoms. The molecule has 4 heteroatoms. The van der Waals surface area contributed by atoms with Crippen molar-refractivity contribution < 1.29 is 9.59 Å².